The number of aldehydes is 2. The minimum absolute atomic E-state index is 0.0252. The third-order valence-corrected chi connectivity index (χ3v) is 1.79. The van der Waals surface area contributed by atoms with Crippen molar-refractivity contribution in [2.45, 2.75) is 6.61 Å². The van der Waals surface area contributed by atoms with E-state index in [0.717, 1.165) is 6.07 Å². The summed E-state index contributed by atoms with van der Waals surface area (Å²) in [6.45, 7) is -3.06. The molecule has 0 spiro atoms. The van der Waals surface area contributed by atoms with Gasteiger partial charge in [-0.3, -0.25) is 9.59 Å². The van der Waals surface area contributed by atoms with Crippen molar-refractivity contribution in [2.75, 3.05) is 7.11 Å². The summed E-state index contributed by atoms with van der Waals surface area (Å²) < 4.78 is 33.0. The molecule has 0 aliphatic rings. The molecule has 0 bridgehead atoms. The van der Waals surface area contributed by atoms with Crippen LogP contribution in [-0.2, 0) is 0 Å². The fourth-order valence-electron chi connectivity index (χ4n) is 1.20. The predicted octanol–water partition coefficient (Wildman–Crippen LogP) is 1.92. The van der Waals surface area contributed by atoms with Crippen LogP contribution in [0.5, 0.6) is 11.5 Å². The van der Waals surface area contributed by atoms with Crippen LogP contribution in [0.2, 0.25) is 0 Å². The molecule has 4 nitrogen and oxygen atoms in total. The van der Waals surface area contributed by atoms with Crippen molar-refractivity contribution in [3.63, 3.8) is 0 Å². The molecule has 1 aromatic carbocycles. The molecule has 0 amide bonds. The molecule has 0 N–H and O–H groups in total. The minimum atomic E-state index is -3.06. The summed E-state index contributed by atoms with van der Waals surface area (Å²) in [5.74, 6) is -0.467. The first-order chi connectivity index (χ1) is 7.62. The summed E-state index contributed by atoms with van der Waals surface area (Å²) in [5, 5.41) is 0. The topological polar surface area (TPSA) is 52.6 Å². The molecule has 6 heteroatoms. The number of rotatable bonds is 5. The molecular weight excluding hydrogens is 222 g/mol. The standard InChI is InChI=1S/C10H8F2O4/c1-15-9-7(5-14)2-6(4-13)3-8(9)16-10(11)12/h2-5,10H,1H3. The van der Waals surface area contributed by atoms with E-state index in [1.54, 1.807) is 0 Å². The molecule has 0 atom stereocenters. The maximum Gasteiger partial charge on any atom is 0.387 e. The lowest BCUT2D eigenvalue weighted by molar-refractivity contribution is -0.0512. The summed E-state index contributed by atoms with van der Waals surface area (Å²) in [6, 6.07) is 2.29. The van der Waals surface area contributed by atoms with E-state index in [9.17, 15) is 18.4 Å². The zero-order chi connectivity index (χ0) is 12.1. The van der Waals surface area contributed by atoms with Crippen LogP contribution in [0.15, 0.2) is 12.1 Å². The predicted molar refractivity (Wildman–Crippen MR) is 50.4 cm³/mol. The van der Waals surface area contributed by atoms with Gasteiger partial charge in [0.05, 0.1) is 12.7 Å². The number of methoxy groups -OCH3 is 1. The highest BCUT2D eigenvalue weighted by atomic mass is 19.3. The smallest absolute Gasteiger partial charge is 0.387 e. The number of halogens is 2. The highest BCUT2D eigenvalue weighted by Gasteiger charge is 2.15. The minimum Gasteiger partial charge on any atom is -0.492 e. The van der Waals surface area contributed by atoms with Gasteiger partial charge in [0.1, 0.15) is 6.29 Å². The zero-order valence-electron chi connectivity index (χ0n) is 8.28. The van der Waals surface area contributed by atoms with Crippen molar-refractivity contribution in [1.82, 2.24) is 0 Å². The lowest BCUT2D eigenvalue weighted by atomic mass is 10.1. The van der Waals surface area contributed by atoms with Crippen molar-refractivity contribution >= 4 is 12.6 Å². The van der Waals surface area contributed by atoms with Crippen molar-refractivity contribution in [2.24, 2.45) is 0 Å². The Morgan fingerprint density at radius 3 is 2.38 bits per heavy atom. The second kappa shape index (κ2) is 5.20. The van der Waals surface area contributed by atoms with Gasteiger partial charge in [0.25, 0.3) is 0 Å². The van der Waals surface area contributed by atoms with Crippen LogP contribution < -0.4 is 9.47 Å². The molecule has 0 unspecified atom stereocenters. The first kappa shape index (κ1) is 12.1. The molecule has 1 rings (SSSR count). The number of alkyl halides is 2. The summed E-state index contributed by atoms with van der Waals surface area (Å²) in [4.78, 5) is 21.2. The number of hydrogen-bond acceptors (Lipinski definition) is 4. The average Bonchev–Trinajstić information content (AvgIpc) is 2.27. The summed E-state index contributed by atoms with van der Waals surface area (Å²) in [5.41, 5.74) is 0.0290. The summed E-state index contributed by atoms with van der Waals surface area (Å²) in [6.07, 6.45) is 0.814. The second-order valence-corrected chi connectivity index (χ2v) is 2.76. The van der Waals surface area contributed by atoms with Crippen LogP contribution in [0.25, 0.3) is 0 Å². The van der Waals surface area contributed by atoms with E-state index in [0.29, 0.717) is 12.6 Å². The van der Waals surface area contributed by atoms with E-state index in [4.69, 9.17) is 4.74 Å². The van der Waals surface area contributed by atoms with Gasteiger partial charge < -0.3 is 9.47 Å². The summed E-state index contributed by atoms with van der Waals surface area (Å²) >= 11 is 0. The molecule has 16 heavy (non-hydrogen) atoms. The van der Waals surface area contributed by atoms with Gasteiger partial charge in [-0.25, -0.2) is 0 Å². The third-order valence-electron chi connectivity index (χ3n) is 1.79. The Morgan fingerprint density at radius 1 is 1.25 bits per heavy atom. The first-order valence-electron chi connectivity index (χ1n) is 4.19. The van der Waals surface area contributed by atoms with Gasteiger partial charge in [0, 0.05) is 5.56 Å². The Balaban J connectivity index is 3.30. The monoisotopic (exact) mass is 230 g/mol. The van der Waals surface area contributed by atoms with E-state index in [2.05, 4.69) is 4.74 Å². The maximum absolute atomic E-state index is 12.1. The second-order valence-electron chi connectivity index (χ2n) is 2.76. The fraction of sp³-hybridized carbons (Fsp3) is 0.200. The van der Waals surface area contributed by atoms with Gasteiger partial charge in [-0.1, -0.05) is 0 Å². The van der Waals surface area contributed by atoms with Gasteiger partial charge in [0.2, 0.25) is 0 Å². The first-order valence-corrected chi connectivity index (χ1v) is 4.19. The molecule has 86 valence electrons. The molecule has 0 heterocycles. The fourth-order valence-corrected chi connectivity index (χ4v) is 1.20. The molecule has 1 aromatic rings. The average molecular weight is 230 g/mol. The lowest BCUT2D eigenvalue weighted by Gasteiger charge is -2.11. The van der Waals surface area contributed by atoms with E-state index >= 15 is 0 Å². The van der Waals surface area contributed by atoms with E-state index in [1.165, 1.54) is 13.2 Å². The molecule has 0 aliphatic heterocycles. The Hall–Kier alpha value is -1.98. The molecule has 0 aromatic heterocycles. The van der Waals surface area contributed by atoms with Crippen molar-refractivity contribution < 1.29 is 27.8 Å². The largest absolute Gasteiger partial charge is 0.492 e. The molecule has 0 saturated heterocycles. The third kappa shape index (κ3) is 2.53. The van der Waals surface area contributed by atoms with Crippen molar-refractivity contribution in [3.05, 3.63) is 23.3 Å². The molecule has 0 fully saturated rings. The van der Waals surface area contributed by atoms with Gasteiger partial charge in [-0.15, -0.1) is 0 Å². The van der Waals surface area contributed by atoms with Crippen LogP contribution in [0.4, 0.5) is 8.78 Å². The highest BCUT2D eigenvalue weighted by Crippen LogP contribution is 2.32. The van der Waals surface area contributed by atoms with E-state index in [-0.39, 0.29) is 22.6 Å². The number of benzene rings is 1. The SMILES string of the molecule is COc1c(C=O)cc(C=O)cc1OC(F)F. The zero-order valence-corrected chi connectivity index (χ0v) is 8.28. The molecular formula is C10H8F2O4. The van der Waals surface area contributed by atoms with Gasteiger partial charge in [-0.05, 0) is 12.1 Å². The van der Waals surface area contributed by atoms with Crippen LogP contribution >= 0.6 is 0 Å². The number of carbonyl (C=O) groups excluding carboxylic acids is 2. The van der Waals surface area contributed by atoms with E-state index < -0.39 is 6.61 Å². The van der Waals surface area contributed by atoms with Crippen LogP contribution in [0.3, 0.4) is 0 Å². The number of hydrogen-bond donors (Lipinski definition) is 0. The summed E-state index contributed by atoms with van der Waals surface area (Å²) in [7, 11) is 1.21. The van der Waals surface area contributed by atoms with Gasteiger partial charge in [-0.2, -0.15) is 8.78 Å². The molecule has 0 saturated carbocycles. The highest BCUT2D eigenvalue weighted by molar-refractivity contribution is 5.87. The number of carbonyl (C=O) groups is 2. The van der Waals surface area contributed by atoms with E-state index in [1.807, 2.05) is 0 Å². The molecule has 0 radical (unpaired) electrons. The van der Waals surface area contributed by atoms with Crippen LogP contribution in [0, 0.1) is 0 Å². The maximum atomic E-state index is 12.1. The van der Waals surface area contributed by atoms with Crippen molar-refractivity contribution in [1.29, 1.82) is 0 Å². The molecule has 0 aliphatic carbocycles. The quantitative estimate of drug-likeness (QED) is 0.725. The Kier molecular flexibility index (Phi) is 3.93. The Labute approximate surface area is 89.8 Å². The van der Waals surface area contributed by atoms with Gasteiger partial charge in [0.15, 0.2) is 17.8 Å². The lowest BCUT2D eigenvalue weighted by Crippen LogP contribution is -2.05. The van der Waals surface area contributed by atoms with Gasteiger partial charge >= 0.3 is 6.61 Å². The van der Waals surface area contributed by atoms with Crippen LogP contribution in [0.1, 0.15) is 20.7 Å². The Bertz CT molecular complexity index is 404. The van der Waals surface area contributed by atoms with Crippen molar-refractivity contribution in [3.8, 4) is 11.5 Å². The normalized spacial score (nSPS) is 10.0. The Morgan fingerprint density at radius 2 is 1.94 bits per heavy atom. The number of ether oxygens (including phenoxy) is 2. The van der Waals surface area contributed by atoms with Crippen LogP contribution in [-0.4, -0.2) is 26.3 Å².